The minimum absolute atomic E-state index is 0.00819. The Kier molecular flexibility index (Phi) is 3.98. The van der Waals surface area contributed by atoms with E-state index in [4.69, 9.17) is 9.15 Å². The number of carbonyl (C=O) groups is 2. The first kappa shape index (κ1) is 14.8. The number of esters is 1. The SMILES string of the molecule is CCOC(=O)c1csc(N(C)C(=O)[C@@H]2C[C@H]2c2ccco2)n1. The number of furan rings is 1. The van der Waals surface area contributed by atoms with Crippen LogP contribution in [0.2, 0.25) is 0 Å². The summed E-state index contributed by atoms with van der Waals surface area (Å²) in [4.78, 5) is 29.7. The van der Waals surface area contributed by atoms with E-state index in [1.807, 2.05) is 12.1 Å². The van der Waals surface area contributed by atoms with Gasteiger partial charge in [-0.3, -0.25) is 9.69 Å². The van der Waals surface area contributed by atoms with Crippen molar-refractivity contribution in [2.24, 2.45) is 5.92 Å². The quantitative estimate of drug-likeness (QED) is 0.792. The molecule has 0 saturated heterocycles. The number of aromatic nitrogens is 1. The van der Waals surface area contributed by atoms with Crippen molar-refractivity contribution in [3.63, 3.8) is 0 Å². The van der Waals surface area contributed by atoms with Crippen LogP contribution in [0, 0.1) is 5.92 Å². The van der Waals surface area contributed by atoms with Gasteiger partial charge in [-0.1, -0.05) is 0 Å². The third-order valence-corrected chi connectivity index (χ3v) is 4.53. The van der Waals surface area contributed by atoms with Crippen molar-refractivity contribution in [2.75, 3.05) is 18.6 Å². The van der Waals surface area contributed by atoms with Crippen LogP contribution < -0.4 is 4.90 Å². The Balaban J connectivity index is 1.66. The molecule has 1 fully saturated rings. The minimum atomic E-state index is -0.467. The summed E-state index contributed by atoms with van der Waals surface area (Å²) in [6, 6.07) is 3.71. The Morgan fingerprint density at radius 2 is 2.36 bits per heavy atom. The van der Waals surface area contributed by atoms with Crippen molar-refractivity contribution in [1.82, 2.24) is 4.98 Å². The average Bonchev–Trinajstić information content (AvgIpc) is 2.96. The zero-order chi connectivity index (χ0) is 15.7. The van der Waals surface area contributed by atoms with Crippen LogP contribution in [-0.2, 0) is 9.53 Å². The van der Waals surface area contributed by atoms with E-state index in [0.29, 0.717) is 11.7 Å². The van der Waals surface area contributed by atoms with Crippen molar-refractivity contribution >= 4 is 28.3 Å². The number of ether oxygens (including phenoxy) is 1. The van der Waals surface area contributed by atoms with Gasteiger partial charge in [-0.15, -0.1) is 11.3 Å². The minimum Gasteiger partial charge on any atom is -0.469 e. The van der Waals surface area contributed by atoms with Crippen LogP contribution in [-0.4, -0.2) is 30.5 Å². The molecule has 7 heteroatoms. The highest BCUT2D eigenvalue weighted by Crippen LogP contribution is 2.48. The molecule has 1 aliphatic rings. The summed E-state index contributed by atoms with van der Waals surface area (Å²) in [7, 11) is 1.67. The van der Waals surface area contributed by atoms with Gasteiger partial charge in [-0.2, -0.15) is 0 Å². The Morgan fingerprint density at radius 1 is 1.55 bits per heavy atom. The Hall–Kier alpha value is -2.15. The van der Waals surface area contributed by atoms with E-state index in [1.54, 1.807) is 25.6 Å². The summed E-state index contributed by atoms with van der Waals surface area (Å²) in [5.74, 6) is 0.440. The van der Waals surface area contributed by atoms with Gasteiger partial charge in [0.1, 0.15) is 5.76 Å². The summed E-state index contributed by atoms with van der Waals surface area (Å²) < 4.78 is 10.2. The molecule has 2 aromatic heterocycles. The number of carbonyl (C=O) groups excluding carboxylic acids is 2. The van der Waals surface area contributed by atoms with Gasteiger partial charge in [0.15, 0.2) is 10.8 Å². The first-order valence-corrected chi connectivity index (χ1v) is 7.93. The monoisotopic (exact) mass is 320 g/mol. The first-order chi connectivity index (χ1) is 10.6. The number of nitrogens with zero attached hydrogens (tertiary/aromatic N) is 2. The molecule has 116 valence electrons. The van der Waals surface area contributed by atoms with E-state index in [-0.39, 0.29) is 23.4 Å². The normalized spacial score (nSPS) is 19.7. The van der Waals surface area contributed by atoms with Gasteiger partial charge in [0.2, 0.25) is 5.91 Å². The van der Waals surface area contributed by atoms with Crippen LogP contribution in [0.25, 0.3) is 0 Å². The Labute approximate surface area is 131 Å². The van der Waals surface area contributed by atoms with E-state index in [9.17, 15) is 9.59 Å². The van der Waals surface area contributed by atoms with Gasteiger partial charge in [0.25, 0.3) is 0 Å². The van der Waals surface area contributed by atoms with Crippen LogP contribution in [0.15, 0.2) is 28.2 Å². The van der Waals surface area contributed by atoms with Crippen LogP contribution in [0.1, 0.15) is 35.5 Å². The summed E-state index contributed by atoms with van der Waals surface area (Å²) >= 11 is 1.25. The van der Waals surface area contributed by atoms with Gasteiger partial charge in [-0.25, -0.2) is 9.78 Å². The molecule has 2 heterocycles. The molecular formula is C15H16N2O4S. The van der Waals surface area contributed by atoms with Crippen molar-refractivity contribution in [3.8, 4) is 0 Å². The molecule has 0 unspecified atom stereocenters. The Bertz CT molecular complexity index is 680. The maximum Gasteiger partial charge on any atom is 0.357 e. The fourth-order valence-corrected chi connectivity index (χ4v) is 3.11. The smallest absolute Gasteiger partial charge is 0.357 e. The third-order valence-electron chi connectivity index (χ3n) is 3.61. The van der Waals surface area contributed by atoms with Crippen molar-refractivity contribution in [3.05, 3.63) is 35.2 Å². The number of hydrogen-bond acceptors (Lipinski definition) is 6. The first-order valence-electron chi connectivity index (χ1n) is 7.05. The third kappa shape index (κ3) is 2.76. The standard InChI is InChI=1S/C15H16N2O4S/c1-3-20-14(19)11-8-22-15(16-11)17(2)13(18)10-7-9(10)12-5-4-6-21-12/h4-6,8-10H,3,7H2,1-2H3/t9-,10-/m1/s1. The van der Waals surface area contributed by atoms with E-state index >= 15 is 0 Å². The highest BCUT2D eigenvalue weighted by Gasteiger charge is 2.47. The second-order valence-electron chi connectivity index (χ2n) is 5.10. The largest absolute Gasteiger partial charge is 0.469 e. The average molecular weight is 320 g/mol. The molecule has 2 atom stereocenters. The molecular weight excluding hydrogens is 304 g/mol. The van der Waals surface area contributed by atoms with Crippen LogP contribution in [0.3, 0.4) is 0 Å². The molecule has 0 spiro atoms. The fourth-order valence-electron chi connectivity index (χ4n) is 2.34. The number of hydrogen-bond donors (Lipinski definition) is 0. The van der Waals surface area contributed by atoms with E-state index in [0.717, 1.165) is 12.2 Å². The molecule has 0 bridgehead atoms. The topological polar surface area (TPSA) is 72.6 Å². The van der Waals surface area contributed by atoms with Gasteiger partial charge in [-0.05, 0) is 25.5 Å². The molecule has 0 N–H and O–H groups in total. The lowest BCUT2D eigenvalue weighted by Gasteiger charge is -2.13. The molecule has 0 aromatic carbocycles. The highest BCUT2D eigenvalue weighted by atomic mass is 32.1. The molecule has 0 aliphatic heterocycles. The van der Waals surface area contributed by atoms with Gasteiger partial charge in [0.05, 0.1) is 12.9 Å². The van der Waals surface area contributed by atoms with Gasteiger partial charge in [0, 0.05) is 24.3 Å². The number of rotatable bonds is 5. The summed E-state index contributed by atoms with van der Waals surface area (Å²) in [6.45, 7) is 2.04. The Morgan fingerprint density at radius 3 is 3.05 bits per heavy atom. The van der Waals surface area contributed by atoms with Crippen molar-refractivity contribution in [2.45, 2.75) is 19.3 Å². The maximum absolute atomic E-state index is 12.5. The second kappa shape index (κ2) is 5.92. The van der Waals surface area contributed by atoms with Gasteiger partial charge >= 0.3 is 5.97 Å². The van der Waals surface area contributed by atoms with Crippen LogP contribution >= 0.6 is 11.3 Å². The molecule has 2 aromatic rings. The summed E-state index contributed by atoms with van der Waals surface area (Å²) in [5, 5.41) is 2.10. The lowest BCUT2D eigenvalue weighted by atomic mass is 10.2. The molecule has 6 nitrogen and oxygen atoms in total. The molecule has 1 amide bonds. The van der Waals surface area contributed by atoms with E-state index in [2.05, 4.69) is 4.98 Å². The molecule has 1 saturated carbocycles. The lowest BCUT2D eigenvalue weighted by molar-refractivity contribution is -0.119. The van der Waals surface area contributed by atoms with E-state index < -0.39 is 5.97 Å². The summed E-state index contributed by atoms with van der Waals surface area (Å²) in [6.07, 6.45) is 2.40. The van der Waals surface area contributed by atoms with Crippen molar-refractivity contribution in [1.29, 1.82) is 0 Å². The van der Waals surface area contributed by atoms with Crippen LogP contribution in [0.4, 0.5) is 5.13 Å². The zero-order valence-electron chi connectivity index (χ0n) is 12.3. The van der Waals surface area contributed by atoms with Crippen LogP contribution in [0.5, 0.6) is 0 Å². The molecule has 22 heavy (non-hydrogen) atoms. The summed E-state index contributed by atoms with van der Waals surface area (Å²) in [5.41, 5.74) is 0.236. The highest BCUT2D eigenvalue weighted by molar-refractivity contribution is 7.14. The lowest BCUT2D eigenvalue weighted by Crippen LogP contribution is -2.28. The predicted molar refractivity (Wildman–Crippen MR) is 81.0 cm³/mol. The second-order valence-corrected chi connectivity index (χ2v) is 5.93. The van der Waals surface area contributed by atoms with Crippen molar-refractivity contribution < 1.29 is 18.7 Å². The number of anilines is 1. The fraction of sp³-hybridized carbons (Fsp3) is 0.400. The predicted octanol–water partition coefficient (Wildman–Crippen LogP) is 2.68. The van der Waals surface area contributed by atoms with Gasteiger partial charge < -0.3 is 9.15 Å². The van der Waals surface area contributed by atoms with E-state index in [1.165, 1.54) is 16.2 Å². The molecule has 0 radical (unpaired) electrons. The zero-order valence-corrected chi connectivity index (χ0v) is 13.1. The number of thiazole rings is 1. The molecule has 3 rings (SSSR count). The maximum atomic E-state index is 12.5. The molecule has 1 aliphatic carbocycles. The number of amides is 1.